The number of halogens is 2. The summed E-state index contributed by atoms with van der Waals surface area (Å²) in [6, 6.07) is 15.0. The maximum Gasteiger partial charge on any atom is 0.191 e. The molecule has 0 unspecified atom stereocenters. The molecule has 0 radical (unpaired) electrons. The summed E-state index contributed by atoms with van der Waals surface area (Å²) in [6.07, 6.45) is 0. The van der Waals surface area contributed by atoms with E-state index in [-0.39, 0.29) is 29.8 Å². The predicted molar refractivity (Wildman–Crippen MR) is 118 cm³/mol. The van der Waals surface area contributed by atoms with Gasteiger partial charge >= 0.3 is 0 Å². The quantitative estimate of drug-likeness (QED) is 0.389. The fraction of sp³-hybridized carbons (Fsp3) is 0.350. The third kappa shape index (κ3) is 6.66. The van der Waals surface area contributed by atoms with Crippen LogP contribution < -0.4 is 15.5 Å². The average Bonchev–Trinajstić information content (AvgIpc) is 2.70. The first kappa shape index (κ1) is 21.4. The molecule has 1 heterocycles. The third-order valence-electron chi connectivity index (χ3n) is 4.37. The zero-order chi connectivity index (χ0) is 18.2. The van der Waals surface area contributed by atoms with Gasteiger partial charge in [-0.3, -0.25) is 4.99 Å². The van der Waals surface area contributed by atoms with Crippen molar-refractivity contribution in [1.82, 2.24) is 10.6 Å². The molecule has 0 atom stereocenters. The smallest absolute Gasteiger partial charge is 0.191 e. The second kappa shape index (κ2) is 11.1. The first-order valence-electron chi connectivity index (χ1n) is 8.85. The van der Waals surface area contributed by atoms with Crippen molar-refractivity contribution in [3.63, 3.8) is 0 Å². The Morgan fingerprint density at radius 3 is 2.00 bits per heavy atom. The van der Waals surface area contributed by atoms with Crippen molar-refractivity contribution in [3.8, 4) is 0 Å². The van der Waals surface area contributed by atoms with E-state index in [0.29, 0.717) is 19.0 Å². The van der Waals surface area contributed by atoms with Gasteiger partial charge in [-0.05, 0) is 35.4 Å². The molecular formula is C20H26FIN4O. The van der Waals surface area contributed by atoms with Gasteiger partial charge in [-0.2, -0.15) is 0 Å². The van der Waals surface area contributed by atoms with Crippen molar-refractivity contribution >= 4 is 35.6 Å². The number of ether oxygens (including phenoxy) is 1. The minimum absolute atomic E-state index is 0. The molecule has 1 saturated heterocycles. The molecule has 2 N–H and O–H groups in total. The van der Waals surface area contributed by atoms with Gasteiger partial charge in [-0.25, -0.2) is 4.39 Å². The van der Waals surface area contributed by atoms with Crippen LogP contribution in [0, 0.1) is 5.82 Å². The summed E-state index contributed by atoms with van der Waals surface area (Å²) in [5, 5.41) is 6.53. The maximum atomic E-state index is 12.9. The Morgan fingerprint density at radius 1 is 0.963 bits per heavy atom. The Morgan fingerprint density at radius 2 is 1.48 bits per heavy atom. The molecule has 0 aromatic heterocycles. The summed E-state index contributed by atoms with van der Waals surface area (Å²) < 4.78 is 18.3. The molecule has 27 heavy (non-hydrogen) atoms. The number of anilines is 1. The molecule has 0 aliphatic carbocycles. The van der Waals surface area contributed by atoms with E-state index in [4.69, 9.17) is 4.74 Å². The van der Waals surface area contributed by atoms with Gasteiger partial charge < -0.3 is 20.3 Å². The lowest BCUT2D eigenvalue weighted by molar-refractivity contribution is 0.122. The molecule has 7 heteroatoms. The van der Waals surface area contributed by atoms with Crippen molar-refractivity contribution in [2.45, 2.75) is 13.1 Å². The van der Waals surface area contributed by atoms with Crippen molar-refractivity contribution < 1.29 is 9.13 Å². The lowest BCUT2D eigenvalue weighted by Gasteiger charge is -2.28. The van der Waals surface area contributed by atoms with Gasteiger partial charge in [0, 0.05) is 38.9 Å². The van der Waals surface area contributed by atoms with Crippen molar-refractivity contribution in [3.05, 3.63) is 65.5 Å². The Labute approximate surface area is 177 Å². The second-order valence-electron chi connectivity index (χ2n) is 6.17. The molecule has 1 fully saturated rings. The van der Waals surface area contributed by atoms with E-state index in [1.807, 2.05) is 0 Å². The van der Waals surface area contributed by atoms with Crippen LogP contribution >= 0.6 is 24.0 Å². The van der Waals surface area contributed by atoms with Crippen LogP contribution in [0.5, 0.6) is 0 Å². The molecule has 3 rings (SSSR count). The largest absolute Gasteiger partial charge is 0.378 e. The molecule has 146 valence electrons. The van der Waals surface area contributed by atoms with E-state index in [1.54, 1.807) is 19.2 Å². The molecule has 1 aliphatic heterocycles. The zero-order valence-corrected chi connectivity index (χ0v) is 17.8. The highest BCUT2D eigenvalue weighted by Crippen LogP contribution is 2.16. The second-order valence-corrected chi connectivity index (χ2v) is 6.17. The van der Waals surface area contributed by atoms with Crippen LogP contribution in [0.15, 0.2) is 53.5 Å². The monoisotopic (exact) mass is 484 g/mol. The number of nitrogens with one attached hydrogen (secondary N) is 2. The Bertz CT molecular complexity index is 716. The van der Waals surface area contributed by atoms with E-state index in [2.05, 4.69) is 44.8 Å². The Hall–Kier alpha value is -1.87. The van der Waals surface area contributed by atoms with Crippen LogP contribution in [0.3, 0.4) is 0 Å². The van der Waals surface area contributed by atoms with Gasteiger partial charge in [0.2, 0.25) is 0 Å². The number of aliphatic imine (C=N–C) groups is 1. The number of guanidine groups is 1. The van der Waals surface area contributed by atoms with Crippen LogP contribution in [0.1, 0.15) is 11.1 Å². The molecule has 0 bridgehead atoms. The van der Waals surface area contributed by atoms with Crippen molar-refractivity contribution in [2.24, 2.45) is 4.99 Å². The van der Waals surface area contributed by atoms with Crippen molar-refractivity contribution in [1.29, 1.82) is 0 Å². The molecule has 0 amide bonds. The molecule has 5 nitrogen and oxygen atoms in total. The first-order chi connectivity index (χ1) is 12.7. The van der Waals surface area contributed by atoms with Gasteiger partial charge in [0.1, 0.15) is 5.82 Å². The minimum Gasteiger partial charge on any atom is -0.378 e. The van der Waals surface area contributed by atoms with Gasteiger partial charge in [0.05, 0.1) is 13.2 Å². The summed E-state index contributed by atoms with van der Waals surface area (Å²) in [7, 11) is 1.74. The van der Waals surface area contributed by atoms with Crippen LogP contribution in [0.25, 0.3) is 0 Å². The molecular weight excluding hydrogens is 458 g/mol. The highest BCUT2D eigenvalue weighted by Gasteiger charge is 2.10. The standard InChI is InChI=1S/C20H25FN4O.HI/c1-22-20(23-14-16-2-6-18(21)7-3-16)24-15-17-4-8-19(9-5-17)25-10-12-26-13-11-25;/h2-9H,10-15H2,1H3,(H2,22,23,24);1H. The normalized spacial score (nSPS) is 14.4. The minimum atomic E-state index is -0.225. The lowest BCUT2D eigenvalue weighted by atomic mass is 10.2. The Kier molecular flexibility index (Phi) is 8.80. The van der Waals surface area contributed by atoms with Gasteiger partial charge in [-0.15, -0.1) is 24.0 Å². The first-order valence-corrected chi connectivity index (χ1v) is 8.85. The van der Waals surface area contributed by atoms with Crippen LogP contribution in [0.2, 0.25) is 0 Å². The van der Waals surface area contributed by atoms with E-state index in [1.165, 1.54) is 23.4 Å². The summed E-state index contributed by atoms with van der Waals surface area (Å²) in [5.41, 5.74) is 3.42. The number of rotatable bonds is 5. The highest BCUT2D eigenvalue weighted by molar-refractivity contribution is 14.0. The fourth-order valence-corrected chi connectivity index (χ4v) is 2.84. The predicted octanol–water partition coefficient (Wildman–Crippen LogP) is 3.15. The zero-order valence-electron chi connectivity index (χ0n) is 15.5. The van der Waals surface area contributed by atoms with E-state index < -0.39 is 0 Å². The molecule has 2 aromatic carbocycles. The lowest BCUT2D eigenvalue weighted by Crippen LogP contribution is -2.36. The van der Waals surface area contributed by atoms with Crippen LogP contribution in [-0.4, -0.2) is 39.3 Å². The van der Waals surface area contributed by atoms with Crippen LogP contribution in [0.4, 0.5) is 10.1 Å². The van der Waals surface area contributed by atoms with Crippen LogP contribution in [-0.2, 0) is 17.8 Å². The summed E-state index contributed by atoms with van der Waals surface area (Å²) in [4.78, 5) is 6.56. The average molecular weight is 484 g/mol. The number of nitrogens with zero attached hydrogens (tertiary/aromatic N) is 2. The summed E-state index contributed by atoms with van der Waals surface area (Å²) >= 11 is 0. The summed E-state index contributed by atoms with van der Waals surface area (Å²) in [6.45, 7) is 4.75. The third-order valence-corrected chi connectivity index (χ3v) is 4.37. The van der Waals surface area contributed by atoms with Gasteiger partial charge in [-0.1, -0.05) is 24.3 Å². The topological polar surface area (TPSA) is 48.9 Å². The van der Waals surface area contributed by atoms with Gasteiger partial charge in [0.15, 0.2) is 5.96 Å². The number of hydrogen-bond donors (Lipinski definition) is 2. The van der Waals surface area contributed by atoms with E-state index in [9.17, 15) is 4.39 Å². The summed E-state index contributed by atoms with van der Waals surface area (Å²) in [5.74, 6) is 0.489. The van der Waals surface area contributed by atoms with E-state index >= 15 is 0 Å². The van der Waals surface area contributed by atoms with Gasteiger partial charge in [0.25, 0.3) is 0 Å². The molecule has 2 aromatic rings. The number of hydrogen-bond acceptors (Lipinski definition) is 3. The SMILES string of the molecule is CN=C(NCc1ccc(F)cc1)NCc1ccc(N2CCOCC2)cc1.I. The fourth-order valence-electron chi connectivity index (χ4n) is 2.84. The Balaban J connectivity index is 0.00000261. The number of morpholine rings is 1. The molecule has 0 spiro atoms. The maximum absolute atomic E-state index is 12.9. The van der Waals surface area contributed by atoms with E-state index in [0.717, 1.165) is 31.9 Å². The molecule has 0 saturated carbocycles. The number of benzene rings is 2. The van der Waals surface area contributed by atoms with Crippen molar-refractivity contribution in [2.75, 3.05) is 38.3 Å². The molecule has 1 aliphatic rings. The highest BCUT2D eigenvalue weighted by atomic mass is 127.